The molecule has 0 aliphatic carbocycles. The number of ether oxygens (including phenoxy) is 1. The van der Waals surface area contributed by atoms with Gasteiger partial charge in [-0.25, -0.2) is 4.79 Å². The normalized spacial score (nSPS) is 10.6. The summed E-state index contributed by atoms with van der Waals surface area (Å²) in [6, 6.07) is 0. The van der Waals surface area contributed by atoms with Crippen molar-refractivity contribution in [3.63, 3.8) is 0 Å². The predicted octanol–water partition coefficient (Wildman–Crippen LogP) is 0.519. The Morgan fingerprint density at radius 2 is 1.90 bits per heavy atom. The summed E-state index contributed by atoms with van der Waals surface area (Å²) in [4.78, 5) is 37.0. The highest BCUT2D eigenvalue weighted by atomic mass is 32.1. The maximum absolute atomic E-state index is 12.0. The molecule has 7 heteroatoms. The molecule has 0 unspecified atom stereocenters. The smallest absolute Gasteiger partial charge is 0.341 e. The summed E-state index contributed by atoms with van der Waals surface area (Å²) in [6.07, 6.45) is 0. The van der Waals surface area contributed by atoms with Crippen LogP contribution in [0.1, 0.15) is 39.4 Å². The number of Topliss-reactive ketones (excluding diaryl/α,β-unsaturated/α-hetero) is 1. The molecule has 0 atom stereocenters. The third kappa shape index (κ3) is 4.37. The van der Waals surface area contributed by atoms with Crippen molar-refractivity contribution in [1.29, 1.82) is 0 Å². The molecule has 6 nitrogen and oxygen atoms in total. The van der Waals surface area contributed by atoms with Gasteiger partial charge in [0.15, 0.2) is 12.3 Å². The molecule has 0 saturated heterocycles. The van der Waals surface area contributed by atoms with Crippen LogP contribution < -0.4 is 10.2 Å². The molecular weight excluding hydrogens is 292 g/mol. The second-order valence-corrected chi connectivity index (χ2v) is 5.99. The Bertz CT molecular complexity index is 564. The van der Waals surface area contributed by atoms with Crippen LogP contribution in [0.4, 0.5) is 5.00 Å². The Balaban J connectivity index is 3.17. The van der Waals surface area contributed by atoms with Crippen LogP contribution in [-0.2, 0) is 9.53 Å². The number of esters is 1. The summed E-state index contributed by atoms with van der Waals surface area (Å²) in [5.41, 5.74) is 0.826. The van der Waals surface area contributed by atoms with Gasteiger partial charge in [0.1, 0.15) is 5.00 Å². The number of hydrogen-bond donors (Lipinski definition) is 2. The van der Waals surface area contributed by atoms with Crippen molar-refractivity contribution in [2.75, 3.05) is 32.6 Å². The first-order valence-corrected chi connectivity index (χ1v) is 7.49. The van der Waals surface area contributed by atoms with E-state index in [-0.39, 0.29) is 30.4 Å². The molecule has 1 heterocycles. The van der Waals surface area contributed by atoms with Crippen molar-refractivity contribution < 1.29 is 24.0 Å². The molecule has 0 aromatic carbocycles. The Labute approximate surface area is 128 Å². The van der Waals surface area contributed by atoms with Crippen LogP contribution in [0.25, 0.3) is 0 Å². The molecule has 1 rings (SSSR count). The number of likely N-dealkylation sites (N-methyl/N-ethyl adjacent to an activating group) is 1. The van der Waals surface area contributed by atoms with E-state index >= 15 is 0 Å². The predicted molar refractivity (Wildman–Crippen MR) is 81.3 cm³/mol. The summed E-state index contributed by atoms with van der Waals surface area (Å²) < 4.78 is 5.01. The summed E-state index contributed by atoms with van der Waals surface area (Å²) in [5.74, 6) is -0.870. The fourth-order valence-corrected chi connectivity index (χ4v) is 2.98. The Morgan fingerprint density at radius 1 is 1.29 bits per heavy atom. The second kappa shape index (κ2) is 7.33. The topological polar surface area (TPSA) is 76.9 Å². The van der Waals surface area contributed by atoms with Crippen LogP contribution in [-0.4, -0.2) is 44.9 Å². The van der Waals surface area contributed by atoms with Crippen LogP contribution in [0.2, 0.25) is 0 Å². The Hall–Kier alpha value is -1.73. The van der Waals surface area contributed by atoms with Crippen LogP contribution >= 0.6 is 11.3 Å². The van der Waals surface area contributed by atoms with E-state index in [9.17, 15) is 14.4 Å². The van der Waals surface area contributed by atoms with Crippen LogP contribution in [0.5, 0.6) is 0 Å². The van der Waals surface area contributed by atoms with Gasteiger partial charge in [0.2, 0.25) is 0 Å². The lowest BCUT2D eigenvalue weighted by Crippen LogP contribution is -3.06. The lowest BCUT2D eigenvalue weighted by atomic mass is 10.1. The lowest BCUT2D eigenvalue weighted by molar-refractivity contribution is -0.849. The van der Waals surface area contributed by atoms with E-state index in [1.54, 1.807) is 13.8 Å². The number of carbonyl (C=O) groups is 3. The summed E-state index contributed by atoms with van der Waals surface area (Å²) in [7, 11) is 3.71. The average molecular weight is 313 g/mol. The monoisotopic (exact) mass is 313 g/mol. The third-order valence-corrected chi connectivity index (χ3v) is 4.02. The zero-order valence-electron chi connectivity index (χ0n) is 13.0. The van der Waals surface area contributed by atoms with Gasteiger partial charge >= 0.3 is 5.97 Å². The molecular formula is C14H21N2O4S+. The molecule has 21 heavy (non-hydrogen) atoms. The van der Waals surface area contributed by atoms with Gasteiger partial charge in [0.25, 0.3) is 5.91 Å². The fourth-order valence-electron chi connectivity index (χ4n) is 1.88. The number of amides is 1. The molecule has 0 aliphatic rings. The van der Waals surface area contributed by atoms with Gasteiger partial charge in [-0.05, 0) is 26.3 Å². The van der Waals surface area contributed by atoms with Gasteiger partial charge < -0.3 is 15.0 Å². The van der Waals surface area contributed by atoms with Crippen molar-refractivity contribution in [3.05, 3.63) is 16.0 Å². The number of rotatable bonds is 6. The molecule has 0 spiro atoms. The van der Waals surface area contributed by atoms with E-state index in [0.29, 0.717) is 15.4 Å². The van der Waals surface area contributed by atoms with E-state index in [1.807, 2.05) is 14.1 Å². The largest absolute Gasteiger partial charge is 0.462 e. The van der Waals surface area contributed by atoms with Crippen molar-refractivity contribution in [2.24, 2.45) is 0 Å². The quantitative estimate of drug-likeness (QED) is 0.593. The first kappa shape index (κ1) is 17.3. The van der Waals surface area contributed by atoms with Crippen LogP contribution in [0, 0.1) is 6.92 Å². The Morgan fingerprint density at radius 3 is 2.38 bits per heavy atom. The maximum Gasteiger partial charge on any atom is 0.341 e. The number of carbonyl (C=O) groups excluding carboxylic acids is 3. The number of nitrogens with one attached hydrogen (secondary N) is 2. The second-order valence-electron chi connectivity index (χ2n) is 4.97. The van der Waals surface area contributed by atoms with Crippen LogP contribution in [0.15, 0.2) is 0 Å². The van der Waals surface area contributed by atoms with Crippen LogP contribution in [0.3, 0.4) is 0 Å². The molecule has 2 N–H and O–H groups in total. The molecule has 1 aromatic heterocycles. The third-order valence-electron chi connectivity index (χ3n) is 2.71. The molecule has 0 radical (unpaired) electrons. The van der Waals surface area contributed by atoms with E-state index < -0.39 is 5.97 Å². The molecule has 1 amide bonds. The van der Waals surface area contributed by atoms with E-state index in [4.69, 9.17) is 4.74 Å². The average Bonchev–Trinajstić information content (AvgIpc) is 2.65. The van der Waals surface area contributed by atoms with Crippen molar-refractivity contribution in [3.8, 4) is 0 Å². The number of ketones is 1. The lowest BCUT2D eigenvalue weighted by Gasteiger charge is -2.08. The van der Waals surface area contributed by atoms with E-state index in [1.165, 1.54) is 6.92 Å². The molecule has 0 fully saturated rings. The maximum atomic E-state index is 12.0. The molecule has 116 valence electrons. The minimum Gasteiger partial charge on any atom is -0.462 e. The number of thiophene rings is 1. The Kier molecular flexibility index (Phi) is 6.04. The first-order valence-electron chi connectivity index (χ1n) is 6.68. The zero-order valence-corrected chi connectivity index (χ0v) is 13.8. The minimum absolute atomic E-state index is 0.137. The number of anilines is 1. The first-order chi connectivity index (χ1) is 9.77. The van der Waals surface area contributed by atoms with Crippen molar-refractivity contribution >= 4 is 34.0 Å². The zero-order chi connectivity index (χ0) is 16.2. The summed E-state index contributed by atoms with van der Waals surface area (Å²) in [5, 5.41) is 3.08. The van der Waals surface area contributed by atoms with Gasteiger partial charge in [0.05, 0.1) is 31.1 Å². The van der Waals surface area contributed by atoms with Crippen molar-refractivity contribution in [1.82, 2.24) is 0 Å². The van der Waals surface area contributed by atoms with Gasteiger partial charge in [-0.15, -0.1) is 11.3 Å². The summed E-state index contributed by atoms with van der Waals surface area (Å²) >= 11 is 1.11. The van der Waals surface area contributed by atoms with Gasteiger partial charge in [-0.3, -0.25) is 9.59 Å². The SMILES string of the molecule is CCOC(=O)c1c(NC(=O)C[NH+](C)C)sc(C(C)=O)c1C. The summed E-state index contributed by atoms with van der Waals surface area (Å²) in [6.45, 7) is 5.34. The van der Waals surface area contributed by atoms with Gasteiger partial charge in [0, 0.05) is 0 Å². The highest BCUT2D eigenvalue weighted by Gasteiger charge is 2.25. The highest BCUT2D eigenvalue weighted by molar-refractivity contribution is 7.18. The van der Waals surface area contributed by atoms with E-state index in [0.717, 1.165) is 16.2 Å². The molecule has 0 bridgehead atoms. The molecule has 0 aliphatic heterocycles. The number of hydrogen-bond acceptors (Lipinski definition) is 5. The standard InChI is InChI=1S/C14H20N2O4S/c1-6-20-14(19)11-8(2)12(9(3)17)21-13(11)15-10(18)7-16(4)5/h6-7H2,1-5H3,(H,15,18)/p+1. The van der Waals surface area contributed by atoms with E-state index in [2.05, 4.69) is 5.32 Å². The molecule has 1 aromatic rings. The fraction of sp³-hybridized carbons (Fsp3) is 0.500. The van der Waals surface area contributed by atoms with Gasteiger partial charge in [-0.2, -0.15) is 0 Å². The highest BCUT2D eigenvalue weighted by Crippen LogP contribution is 2.33. The minimum atomic E-state index is -0.522. The van der Waals surface area contributed by atoms with Gasteiger partial charge in [-0.1, -0.05) is 0 Å². The van der Waals surface area contributed by atoms with Crippen molar-refractivity contribution in [2.45, 2.75) is 20.8 Å². The molecule has 0 saturated carbocycles. The number of quaternary nitrogens is 1.